The molecule has 0 N–H and O–H groups in total. The summed E-state index contributed by atoms with van der Waals surface area (Å²) in [6.45, 7) is 6.25. The van der Waals surface area contributed by atoms with E-state index in [1.165, 1.54) is 30.8 Å². The fourth-order valence-corrected chi connectivity index (χ4v) is 2.37. The fraction of sp³-hybridized carbons (Fsp3) is 0.538. The molecular weight excluding hydrogens is 258 g/mol. The zero-order valence-corrected chi connectivity index (χ0v) is 11.7. The van der Waals surface area contributed by atoms with Crippen LogP contribution in [0.1, 0.15) is 19.4 Å². The quantitative estimate of drug-likeness (QED) is 0.558. The Morgan fingerprint density at radius 2 is 1.78 bits per heavy atom. The van der Waals surface area contributed by atoms with E-state index in [-0.39, 0.29) is 11.9 Å². The molecule has 0 saturated heterocycles. The maximum atomic E-state index is 13.7. The molecule has 0 radical (unpaired) electrons. The molecule has 0 bridgehead atoms. The van der Waals surface area contributed by atoms with Crippen LogP contribution >= 0.6 is 11.8 Å². The Bertz CT molecular complexity index is 379. The molecule has 0 unspecified atom stereocenters. The average molecular weight is 276 g/mol. The molecule has 0 amide bonds. The first kappa shape index (κ1) is 15.4. The largest absolute Gasteiger partial charge is 0.352 e. The molecule has 0 aromatic heterocycles. The molecule has 0 atom stereocenters. The van der Waals surface area contributed by atoms with Crippen LogP contribution in [0.5, 0.6) is 0 Å². The van der Waals surface area contributed by atoms with Gasteiger partial charge in [0, 0.05) is 29.4 Å². The van der Waals surface area contributed by atoms with Crippen molar-refractivity contribution in [3.8, 4) is 0 Å². The summed E-state index contributed by atoms with van der Waals surface area (Å²) in [6, 6.07) is 2.72. The zero-order chi connectivity index (χ0) is 13.5. The number of rotatable bonds is 7. The van der Waals surface area contributed by atoms with Crippen LogP contribution < -0.4 is 0 Å². The predicted octanol–water partition coefficient (Wildman–Crippen LogP) is 3.76. The molecule has 0 heterocycles. The maximum Gasteiger partial charge on any atom is 0.166 e. The Morgan fingerprint density at radius 1 is 1.17 bits per heavy atom. The van der Waals surface area contributed by atoms with Crippen LogP contribution in [-0.4, -0.2) is 25.3 Å². The molecule has 0 aliphatic heterocycles. The first-order valence-corrected chi connectivity index (χ1v) is 6.89. The molecular formula is C13H18F2O2S. The standard InChI is InChI=1S/C13H18F2O2S/c1-4-16-12(17-5-2)8-18-11-7-6-10(14)9(3)13(11)15/h6-7,12H,4-5,8H2,1-3H3. The van der Waals surface area contributed by atoms with Crippen LogP contribution in [0.4, 0.5) is 8.78 Å². The molecule has 2 nitrogen and oxygen atoms in total. The average Bonchev–Trinajstić information content (AvgIpc) is 2.35. The summed E-state index contributed by atoms with van der Waals surface area (Å²) in [5.74, 6) is -0.557. The highest BCUT2D eigenvalue weighted by atomic mass is 32.2. The molecule has 1 rings (SSSR count). The van der Waals surface area contributed by atoms with E-state index in [0.29, 0.717) is 23.9 Å². The van der Waals surface area contributed by atoms with Gasteiger partial charge in [-0.15, -0.1) is 11.8 Å². The lowest BCUT2D eigenvalue weighted by Crippen LogP contribution is -2.20. The van der Waals surface area contributed by atoms with Gasteiger partial charge < -0.3 is 9.47 Å². The molecule has 0 saturated carbocycles. The van der Waals surface area contributed by atoms with Crippen molar-refractivity contribution in [2.75, 3.05) is 19.0 Å². The summed E-state index contributed by atoms with van der Waals surface area (Å²) < 4.78 is 37.6. The van der Waals surface area contributed by atoms with Crippen LogP contribution in [-0.2, 0) is 9.47 Å². The van der Waals surface area contributed by atoms with Gasteiger partial charge in [0.2, 0.25) is 0 Å². The van der Waals surface area contributed by atoms with Gasteiger partial charge in [0.1, 0.15) is 11.6 Å². The minimum Gasteiger partial charge on any atom is -0.352 e. The topological polar surface area (TPSA) is 18.5 Å². The maximum absolute atomic E-state index is 13.7. The van der Waals surface area contributed by atoms with Gasteiger partial charge in [0.15, 0.2) is 6.29 Å². The van der Waals surface area contributed by atoms with Gasteiger partial charge in [-0.25, -0.2) is 8.78 Å². The van der Waals surface area contributed by atoms with E-state index in [2.05, 4.69) is 0 Å². The van der Waals surface area contributed by atoms with E-state index in [1.807, 2.05) is 13.8 Å². The molecule has 0 aliphatic carbocycles. The van der Waals surface area contributed by atoms with Crippen LogP contribution in [0.2, 0.25) is 0 Å². The van der Waals surface area contributed by atoms with Gasteiger partial charge in [-0.2, -0.15) is 0 Å². The number of hydrogen-bond acceptors (Lipinski definition) is 3. The highest BCUT2D eigenvalue weighted by Crippen LogP contribution is 2.26. The van der Waals surface area contributed by atoms with Crippen molar-refractivity contribution in [2.45, 2.75) is 32.0 Å². The lowest BCUT2D eigenvalue weighted by molar-refractivity contribution is -0.120. The third-order valence-electron chi connectivity index (χ3n) is 2.36. The third-order valence-corrected chi connectivity index (χ3v) is 3.43. The first-order valence-electron chi connectivity index (χ1n) is 5.90. The summed E-state index contributed by atoms with van der Waals surface area (Å²) in [6.07, 6.45) is -0.366. The van der Waals surface area contributed by atoms with Crippen molar-refractivity contribution in [1.29, 1.82) is 0 Å². The summed E-state index contributed by atoms with van der Waals surface area (Å²) in [5, 5.41) is 0. The minimum absolute atomic E-state index is 0.0457. The van der Waals surface area contributed by atoms with Crippen molar-refractivity contribution in [2.24, 2.45) is 0 Å². The van der Waals surface area contributed by atoms with Gasteiger partial charge >= 0.3 is 0 Å². The minimum atomic E-state index is -0.525. The smallest absolute Gasteiger partial charge is 0.166 e. The molecule has 0 spiro atoms. The van der Waals surface area contributed by atoms with E-state index in [9.17, 15) is 8.78 Å². The number of benzene rings is 1. The molecule has 1 aromatic carbocycles. The Hall–Kier alpha value is -0.650. The van der Waals surface area contributed by atoms with E-state index in [0.717, 1.165) is 0 Å². The monoisotopic (exact) mass is 276 g/mol. The SMILES string of the molecule is CCOC(CSc1ccc(F)c(C)c1F)OCC. The Balaban J connectivity index is 2.64. The number of thioether (sulfide) groups is 1. The summed E-state index contributed by atoms with van der Waals surface area (Å²) in [4.78, 5) is 0.415. The summed E-state index contributed by atoms with van der Waals surface area (Å²) >= 11 is 1.27. The van der Waals surface area contributed by atoms with E-state index in [4.69, 9.17) is 9.47 Å². The predicted molar refractivity (Wildman–Crippen MR) is 68.9 cm³/mol. The number of ether oxygens (including phenoxy) is 2. The number of halogens is 2. The van der Waals surface area contributed by atoms with E-state index >= 15 is 0 Å². The molecule has 18 heavy (non-hydrogen) atoms. The Labute approximate surface area is 111 Å². The Morgan fingerprint density at radius 3 is 2.33 bits per heavy atom. The highest BCUT2D eigenvalue weighted by molar-refractivity contribution is 7.99. The fourth-order valence-electron chi connectivity index (χ4n) is 1.42. The lowest BCUT2D eigenvalue weighted by Gasteiger charge is -2.16. The van der Waals surface area contributed by atoms with Gasteiger partial charge in [-0.1, -0.05) is 0 Å². The summed E-state index contributed by atoms with van der Waals surface area (Å²) in [5.41, 5.74) is 0.0457. The molecule has 1 aromatic rings. The van der Waals surface area contributed by atoms with Crippen molar-refractivity contribution >= 4 is 11.8 Å². The van der Waals surface area contributed by atoms with Crippen molar-refractivity contribution in [3.05, 3.63) is 29.3 Å². The van der Waals surface area contributed by atoms with Crippen LogP contribution in [0.3, 0.4) is 0 Å². The summed E-state index contributed by atoms with van der Waals surface area (Å²) in [7, 11) is 0. The van der Waals surface area contributed by atoms with E-state index in [1.54, 1.807) is 0 Å². The van der Waals surface area contributed by atoms with Gasteiger partial charge in [0.25, 0.3) is 0 Å². The second-order valence-electron chi connectivity index (χ2n) is 3.64. The second kappa shape index (κ2) is 7.71. The molecule has 0 aliphatic rings. The highest BCUT2D eigenvalue weighted by Gasteiger charge is 2.13. The first-order chi connectivity index (χ1) is 8.60. The van der Waals surface area contributed by atoms with Crippen LogP contribution in [0, 0.1) is 18.6 Å². The Kier molecular flexibility index (Phi) is 6.60. The van der Waals surface area contributed by atoms with Crippen molar-refractivity contribution < 1.29 is 18.3 Å². The van der Waals surface area contributed by atoms with Crippen LogP contribution in [0.15, 0.2) is 17.0 Å². The third kappa shape index (κ3) is 4.23. The second-order valence-corrected chi connectivity index (χ2v) is 4.70. The van der Waals surface area contributed by atoms with Crippen LogP contribution in [0.25, 0.3) is 0 Å². The molecule has 0 fully saturated rings. The molecule has 102 valence electrons. The van der Waals surface area contributed by atoms with Crippen molar-refractivity contribution in [3.63, 3.8) is 0 Å². The zero-order valence-electron chi connectivity index (χ0n) is 10.8. The lowest BCUT2D eigenvalue weighted by atomic mass is 10.2. The van der Waals surface area contributed by atoms with Gasteiger partial charge in [0.05, 0.1) is 0 Å². The van der Waals surface area contributed by atoms with Gasteiger partial charge in [-0.3, -0.25) is 0 Å². The normalized spacial score (nSPS) is 11.2. The van der Waals surface area contributed by atoms with Gasteiger partial charge in [-0.05, 0) is 32.9 Å². The molecule has 5 heteroatoms. The van der Waals surface area contributed by atoms with E-state index < -0.39 is 11.6 Å². The van der Waals surface area contributed by atoms with Crippen molar-refractivity contribution in [1.82, 2.24) is 0 Å². The number of hydrogen-bond donors (Lipinski definition) is 0.